The molecule has 0 saturated carbocycles. The molecule has 0 fully saturated rings. The molecular formula is C25H33Cl2N3O6S. The van der Waals surface area contributed by atoms with Crippen molar-refractivity contribution < 1.29 is 27.5 Å². The van der Waals surface area contributed by atoms with Crippen LogP contribution in [0.2, 0.25) is 10.0 Å². The van der Waals surface area contributed by atoms with E-state index in [1.54, 1.807) is 31.2 Å². The maximum Gasteiger partial charge on any atom is 0.244 e. The van der Waals surface area contributed by atoms with Crippen LogP contribution in [0.5, 0.6) is 11.5 Å². The number of amides is 2. The highest BCUT2D eigenvalue weighted by atomic mass is 35.5. The average Bonchev–Trinajstić information content (AvgIpc) is 2.86. The molecular weight excluding hydrogens is 541 g/mol. The quantitative estimate of drug-likeness (QED) is 0.409. The van der Waals surface area contributed by atoms with Crippen LogP contribution in [-0.4, -0.2) is 64.2 Å². The molecule has 2 amide bonds. The highest BCUT2D eigenvalue weighted by molar-refractivity contribution is 7.92. The summed E-state index contributed by atoms with van der Waals surface area (Å²) in [6, 6.07) is 8.46. The number of methoxy groups -OCH3 is 2. The largest absolute Gasteiger partial charge is 0.497 e. The Morgan fingerprint density at radius 2 is 1.70 bits per heavy atom. The number of ether oxygens (including phenoxy) is 2. The second-order valence-corrected chi connectivity index (χ2v) is 11.3. The fourth-order valence-corrected chi connectivity index (χ4v) is 4.64. The summed E-state index contributed by atoms with van der Waals surface area (Å²) in [6.45, 7) is 4.81. The predicted molar refractivity (Wildman–Crippen MR) is 146 cm³/mol. The summed E-state index contributed by atoms with van der Waals surface area (Å²) < 4.78 is 37.1. The van der Waals surface area contributed by atoms with Gasteiger partial charge in [-0.05, 0) is 50.1 Å². The number of hydrogen-bond acceptors (Lipinski definition) is 6. The SMILES string of the molecule is CCC(C)NC(=O)C(C)N(Cc1ccc(Cl)c(Cl)c1)C(=O)CN(c1ccc(OC)cc1OC)S(C)(=O)=O. The van der Waals surface area contributed by atoms with E-state index in [9.17, 15) is 18.0 Å². The predicted octanol–water partition coefficient (Wildman–Crippen LogP) is 4.11. The van der Waals surface area contributed by atoms with E-state index in [-0.39, 0.29) is 29.9 Å². The summed E-state index contributed by atoms with van der Waals surface area (Å²) in [5, 5.41) is 3.51. The number of rotatable bonds is 12. The zero-order valence-corrected chi connectivity index (χ0v) is 24.1. The topological polar surface area (TPSA) is 105 Å². The number of halogens is 2. The summed E-state index contributed by atoms with van der Waals surface area (Å²) in [5.74, 6) is -0.301. The van der Waals surface area contributed by atoms with E-state index in [0.29, 0.717) is 27.8 Å². The number of hydrogen-bond donors (Lipinski definition) is 1. The first-order chi connectivity index (χ1) is 17.3. The van der Waals surface area contributed by atoms with Gasteiger partial charge < -0.3 is 19.7 Å². The highest BCUT2D eigenvalue weighted by Gasteiger charge is 2.31. The van der Waals surface area contributed by atoms with Gasteiger partial charge in [0.25, 0.3) is 0 Å². The molecule has 2 aromatic rings. The van der Waals surface area contributed by atoms with Crippen LogP contribution in [0.15, 0.2) is 36.4 Å². The van der Waals surface area contributed by atoms with E-state index in [2.05, 4.69) is 5.32 Å². The molecule has 0 aliphatic carbocycles. The first-order valence-electron chi connectivity index (χ1n) is 11.6. The lowest BCUT2D eigenvalue weighted by Crippen LogP contribution is -2.52. The van der Waals surface area contributed by atoms with Gasteiger partial charge in [-0.2, -0.15) is 0 Å². The van der Waals surface area contributed by atoms with E-state index in [1.165, 1.54) is 31.3 Å². The third-order valence-electron chi connectivity index (χ3n) is 5.84. The van der Waals surface area contributed by atoms with Crippen molar-refractivity contribution in [2.24, 2.45) is 0 Å². The van der Waals surface area contributed by atoms with Crippen molar-refractivity contribution >= 4 is 50.7 Å². The van der Waals surface area contributed by atoms with Crippen LogP contribution in [0, 0.1) is 0 Å². The van der Waals surface area contributed by atoms with Crippen molar-refractivity contribution in [3.8, 4) is 11.5 Å². The van der Waals surface area contributed by atoms with Gasteiger partial charge >= 0.3 is 0 Å². The lowest BCUT2D eigenvalue weighted by atomic mass is 10.1. The van der Waals surface area contributed by atoms with Gasteiger partial charge in [0.1, 0.15) is 24.1 Å². The molecule has 0 saturated heterocycles. The molecule has 2 atom stereocenters. The van der Waals surface area contributed by atoms with E-state index in [4.69, 9.17) is 32.7 Å². The Labute approximate surface area is 228 Å². The highest BCUT2D eigenvalue weighted by Crippen LogP contribution is 2.34. The molecule has 0 aromatic heterocycles. The van der Waals surface area contributed by atoms with Gasteiger partial charge in [0.05, 0.1) is 36.2 Å². The normalized spacial score (nSPS) is 12.9. The van der Waals surface area contributed by atoms with Crippen LogP contribution >= 0.6 is 23.2 Å². The summed E-state index contributed by atoms with van der Waals surface area (Å²) in [7, 11) is -1.07. The number of nitrogens with zero attached hydrogens (tertiary/aromatic N) is 2. The molecule has 0 heterocycles. The molecule has 2 unspecified atom stereocenters. The van der Waals surface area contributed by atoms with Crippen LogP contribution in [0.4, 0.5) is 5.69 Å². The van der Waals surface area contributed by atoms with Crippen molar-refractivity contribution in [1.82, 2.24) is 10.2 Å². The van der Waals surface area contributed by atoms with E-state index >= 15 is 0 Å². The van der Waals surface area contributed by atoms with Crippen LogP contribution in [0.1, 0.15) is 32.8 Å². The average molecular weight is 575 g/mol. The maximum absolute atomic E-state index is 13.7. The molecule has 0 aliphatic heterocycles. The van der Waals surface area contributed by atoms with Gasteiger partial charge in [-0.25, -0.2) is 8.42 Å². The van der Waals surface area contributed by atoms with Crippen molar-refractivity contribution in [3.05, 3.63) is 52.0 Å². The van der Waals surface area contributed by atoms with Crippen LogP contribution in [0.3, 0.4) is 0 Å². The zero-order valence-electron chi connectivity index (χ0n) is 21.7. The minimum atomic E-state index is -3.93. The third-order valence-corrected chi connectivity index (χ3v) is 7.71. The van der Waals surface area contributed by atoms with E-state index in [0.717, 1.165) is 10.6 Å². The van der Waals surface area contributed by atoms with E-state index < -0.39 is 28.5 Å². The Morgan fingerprint density at radius 1 is 1.03 bits per heavy atom. The molecule has 0 bridgehead atoms. The Kier molecular flexibility index (Phi) is 10.9. The van der Waals surface area contributed by atoms with Gasteiger partial charge in [-0.1, -0.05) is 36.2 Å². The minimum absolute atomic E-state index is 0.00215. The molecule has 0 spiro atoms. The molecule has 12 heteroatoms. The minimum Gasteiger partial charge on any atom is -0.497 e. The molecule has 9 nitrogen and oxygen atoms in total. The summed E-state index contributed by atoms with van der Waals surface area (Å²) in [6.07, 6.45) is 1.70. The van der Waals surface area contributed by atoms with Crippen LogP contribution in [0.25, 0.3) is 0 Å². The Hall–Kier alpha value is -2.69. The van der Waals surface area contributed by atoms with Gasteiger partial charge in [0.2, 0.25) is 21.8 Å². The number of carbonyl (C=O) groups is 2. The molecule has 37 heavy (non-hydrogen) atoms. The number of nitrogens with one attached hydrogen (secondary N) is 1. The lowest BCUT2D eigenvalue weighted by molar-refractivity contribution is -0.139. The number of carbonyl (C=O) groups excluding carboxylic acids is 2. The van der Waals surface area contributed by atoms with E-state index in [1.807, 2.05) is 13.8 Å². The van der Waals surface area contributed by atoms with Gasteiger partial charge in [0, 0.05) is 18.7 Å². The molecule has 204 valence electrons. The molecule has 2 aromatic carbocycles. The number of sulfonamides is 1. The first-order valence-corrected chi connectivity index (χ1v) is 14.2. The summed E-state index contributed by atoms with van der Waals surface area (Å²) in [5.41, 5.74) is 0.782. The molecule has 0 aliphatic rings. The fraction of sp³-hybridized carbons (Fsp3) is 0.440. The summed E-state index contributed by atoms with van der Waals surface area (Å²) >= 11 is 12.2. The van der Waals surface area contributed by atoms with Gasteiger partial charge in [-0.15, -0.1) is 0 Å². The van der Waals surface area contributed by atoms with Gasteiger partial charge in [0.15, 0.2) is 0 Å². The van der Waals surface area contributed by atoms with Crippen molar-refractivity contribution in [3.63, 3.8) is 0 Å². The number of benzene rings is 2. The van der Waals surface area contributed by atoms with Crippen molar-refractivity contribution in [2.45, 2.75) is 45.8 Å². The van der Waals surface area contributed by atoms with Crippen molar-refractivity contribution in [1.29, 1.82) is 0 Å². The molecule has 0 radical (unpaired) electrons. The van der Waals surface area contributed by atoms with Gasteiger partial charge in [-0.3, -0.25) is 13.9 Å². The first kappa shape index (κ1) is 30.5. The number of anilines is 1. The van der Waals surface area contributed by atoms with Crippen molar-refractivity contribution in [2.75, 3.05) is 31.3 Å². The Morgan fingerprint density at radius 3 is 2.24 bits per heavy atom. The second-order valence-electron chi connectivity index (χ2n) is 8.57. The molecule has 1 N–H and O–H groups in total. The molecule has 2 rings (SSSR count). The Bertz CT molecular complexity index is 1220. The Balaban J connectivity index is 2.48. The van der Waals surface area contributed by atoms with Crippen LogP contribution in [-0.2, 0) is 26.2 Å². The zero-order chi connectivity index (χ0) is 27.9. The maximum atomic E-state index is 13.7. The van der Waals surface area contributed by atoms with Crippen LogP contribution < -0.4 is 19.1 Å². The standard InChI is InChI=1S/C25H33Cl2N3O6S/c1-7-16(2)28-25(32)17(3)29(14-18-8-10-20(26)21(27)12-18)24(31)15-30(37(6,33)34)22-11-9-19(35-4)13-23(22)36-5/h8-13,16-17H,7,14-15H2,1-6H3,(H,28,32). The smallest absolute Gasteiger partial charge is 0.244 e. The fourth-order valence-electron chi connectivity index (χ4n) is 3.47. The monoisotopic (exact) mass is 573 g/mol. The second kappa shape index (κ2) is 13.2. The summed E-state index contributed by atoms with van der Waals surface area (Å²) in [4.78, 5) is 28.0. The lowest BCUT2D eigenvalue weighted by Gasteiger charge is -2.32. The third kappa shape index (κ3) is 8.15.